The minimum Gasteiger partial charge on any atom is -0.507 e. The van der Waals surface area contributed by atoms with E-state index in [-0.39, 0.29) is 11.3 Å². The Kier molecular flexibility index (Phi) is 2.57. The lowest BCUT2D eigenvalue weighted by molar-refractivity contribution is 0.473. The summed E-state index contributed by atoms with van der Waals surface area (Å²) in [6.45, 7) is 1.91. The lowest BCUT2D eigenvalue weighted by Gasteiger charge is -2.03. The van der Waals surface area contributed by atoms with Crippen molar-refractivity contribution in [2.24, 2.45) is 0 Å². The highest BCUT2D eigenvalue weighted by Gasteiger charge is 2.03. The van der Waals surface area contributed by atoms with Crippen molar-refractivity contribution in [2.45, 2.75) is 6.92 Å². The van der Waals surface area contributed by atoms with E-state index in [1.807, 2.05) is 25.1 Å². The van der Waals surface area contributed by atoms with Crippen molar-refractivity contribution in [3.05, 3.63) is 47.8 Å². The van der Waals surface area contributed by atoms with Crippen LogP contribution >= 0.6 is 0 Å². The molecule has 2 rings (SSSR count). The molecule has 0 amide bonds. The first-order valence-electron chi connectivity index (χ1n) is 4.87. The molecule has 3 heteroatoms. The van der Waals surface area contributed by atoms with Crippen LogP contribution in [0, 0.1) is 18.3 Å². The van der Waals surface area contributed by atoms with Crippen molar-refractivity contribution >= 4 is 0 Å². The SMILES string of the molecule is Cc1cc(-c2ccc(O)c(C#N)c2)ccn1. The monoisotopic (exact) mass is 210 g/mol. The van der Waals surface area contributed by atoms with E-state index >= 15 is 0 Å². The van der Waals surface area contributed by atoms with Gasteiger partial charge < -0.3 is 5.11 Å². The van der Waals surface area contributed by atoms with E-state index in [9.17, 15) is 5.11 Å². The van der Waals surface area contributed by atoms with Gasteiger partial charge >= 0.3 is 0 Å². The van der Waals surface area contributed by atoms with Crippen molar-refractivity contribution in [1.29, 1.82) is 5.26 Å². The Morgan fingerprint density at radius 3 is 2.62 bits per heavy atom. The number of hydrogen-bond donors (Lipinski definition) is 1. The Balaban J connectivity index is 2.54. The van der Waals surface area contributed by atoms with Gasteiger partial charge in [-0.25, -0.2) is 0 Å². The zero-order valence-corrected chi connectivity index (χ0v) is 8.81. The van der Waals surface area contributed by atoms with Gasteiger partial charge in [-0.05, 0) is 42.3 Å². The maximum atomic E-state index is 9.40. The van der Waals surface area contributed by atoms with Gasteiger partial charge in [0.1, 0.15) is 11.8 Å². The van der Waals surface area contributed by atoms with Gasteiger partial charge in [0.2, 0.25) is 0 Å². The lowest BCUT2D eigenvalue weighted by Crippen LogP contribution is -1.84. The number of phenolic OH excluding ortho intramolecular Hbond substituents is 1. The molecule has 2 aromatic rings. The number of aromatic nitrogens is 1. The molecule has 1 aromatic heterocycles. The Bertz CT molecular complexity index is 570. The number of aromatic hydroxyl groups is 1. The van der Waals surface area contributed by atoms with Crippen molar-refractivity contribution in [2.75, 3.05) is 0 Å². The van der Waals surface area contributed by atoms with Gasteiger partial charge in [-0.1, -0.05) is 6.07 Å². The Morgan fingerprint density at radius 1 is 1.19 bits per heavy atom. The third-order valence-electron chi connectivity index (χ3n) is 2.35. The van der Waals surface area contributed by atoms with Crippen LogP contribution in [0.15, 0.2) is 36.5 Å². The van der Waals surface area contributed by atoms with Gasteiger partial charge in [0, 0.05) is 11.9 Å². The van der Waals surface area contributed by atoms with Gasteiger partial charge in [-0.2, -0.15) is 5.26 Å². The number of nitrogens with zero attached hydrogens (tertiary/aromatic N) is 2. The predicted molar refractivity (Wildman–Crippen MR) is 60.8 cm³/mol. The average molecular weight is 210 g/mol. The summed E-state index contributed by atoms with van der Waals surface area (Å²) in [4.78, 5) is 4.11. The Morgan fingerprint density at radius 2 is 1.94 bits per heavy atom. The van der Waals surface area contributed by atoms with Crippen LogP contribution in [0.3, 0.4) is 0 Å². The summed E-state index contributed by atoms with van der Waals surface area (Å²) in [7, 11) is 0. The minimum absolute atomic E-state index is 0.0111. The number of aryl methyl sites for hydroxylation is 1. The van der Waals surface area contributed by atoms with Crippen LogP contribution in [0.2, 0.25) is 0 Å². The highest BCUT2D eigenvalue weighted by Crippen LogP contribution is 2.25. The Labute approximate surface area is 93.6 Å². The van der Waals surface area contributed by atoms with Gasteiger partial charge in [0.15, 0.2) is 0 Å². The van der Waals surface area contributed by atoms with Crippen molar-refractivity contribution in [1.82, 2.24) is 4.98 Å². The molecule has 0 saturated carbocycles. The van der Waals surface area contributed by atoms with Crippen LogP contribution in [0.25, 0.3) is 11.1 Å². The molecule has 0 saturated heterocycles. The zero-order valence-electron chi connectivity index (χ0n) is 8.81. The molecule has 0 unspecified atom stereocenters. The van der Waals surface area contributed by atoms with Crippen LogP contribution in [0.4, 0.5) is 0 Å². The molecule has 0 spiro atoms. The smallest absolute Gasteiger partial charge is 0.133 e. The highest BCUT2D eigenvalue weighted by molar-refractivity contribution is 5.67. The molecular formula is C13H10N2O. The fourth-order valence-electron chi connectivity index (χ4n) is 1.53. The molecule has 0 aliphatic heterocycles. The van der Waals surface area contributed by atoms with E-state index in [2.05, 4.69) is 4.98 Å². The number of pyridine rings is 1. The molecule has 1 aromatic carbocycles. The molecule has 1 N–H and O–H groups in total. The van der Waals surface area contributed by atoms with Crippen LogP contribution in [0.1, 0.15) is 11.3 Å². The third kappa shape index (κ3) is 1.86. The summed E-state index contributed by atoms with van der Waals surface area (Å²) in [5, 5.41) is 18.2. The van der Waals surface area contributed by atoms with Gasteiger partial charge in [-0.15, -0.1) is 0 Å². The quantitative estimate of drug-likeness (QED) is 0.787. The average Bonchev–Trinajstić information content (AvgIpc) is 2.29. The number of hydrogen-bond acceptors (Lipinski definition) is 3. The number of benzene rings is 1. The van der Waals surface area contributed by atoms with E-state index in [0.717, 1.165) is 16.8 Å². The van der Waals surface area contributed by atoms with Crippen LogP contribution < -0.4 is 0 Å². The van der Waals surface area contributed by atoms with E-state index < -0.39 is 0 Å². The lowest BCUT2D eigenvalue weighted by atomic mass is 10.0. The topological polar surface area (TPSA) is 56.9 Å². The first kappa shape index (κ1) is 10.2. The molecular weight excluding hydrogens is 200 g/mol. The first-order chi connectivity index (χ1) is 7.70. The zero-order chi connectivity index (χ0) is 11.5. The van der Waals surface area contributed by atoms with Gasteiger partial charge in [0.25, 0.3) is 0 Å². The predicted octanol–water partition coefficient (Wildman–Crippen LogP) is 2.63. The summed E-state index contributed by atoms with van der Waals surface area (Å²) in [5.41, 5.74) is 3.10. The molecule has 0 bridgehead atoms. The summed E-state index contributed by atoms with van der Waals surface area (Å²) >= 11 is 0. The molecule has 16 heavy (non-hydrogen) atoms. The number of nitriles is 1. The summed E-state index contributed by atoms with van der Waals surface area (Å²) in [6, 6.07) is 10.8. The molecule has 1 heterocycles. The summed E-state index contributed by atoms with van der Waals surface area (Å²) in [5.74, 6) is 0.0111. The molecule has 0 radical (unpaired) electrons. The number of rotatable bonds is 1. The normalized spacial score (nSPS) is 9.75. The number of phenols is 1. The maximum absolute atomic E-state index is 9.40. The van der Waals surface area contributed by atoms with E-state index in [0.29, 0.717) is 0 Å². The van der Waals surface area contributed by atoms with Gasteiger partial charge in [0.05, 0.1) is 5.56 Å². The fourth-order valence-corrected chi connectivity index (χ4v) is 1.53. The molecule has 0 aliphatic carbocycles. The largest absolute Gasteiger partial charge is 0.507 e. The fraction of sp³-hybridized carbons (Fsp3) is 0.0769. The standard InChI is InChI=1S/C13H10N2O/c1-9-6-11(4-5-15-9)10-2-3-13(16)12(7-10)8-14/h2-7,16H,1H3. The minimum atomic E-state index is 0.0111. The second-order valence-corrected chi connectivity index (χ2v) is 3.53. The molecule has 0 fully saturated rings. The van der Waals surface area contributed by atoms with Crippen LogP contribution in [-0.4, -0.2) is 10.1 Å². The summed E-state index contributed by atoms with van der Waals surface area (Å²) in [6.07, 6.45) is 1.73. The molecule has 0 atom stereocenters. The molecule has 78 valence electrons. The Hall–Kier alpha value is -2.34. The van der Waals surface area contributed by atoms with E-state index in [4.69, 9.17) is 5.26 Å². The summed E-state index contributed by atoms with van der Waals surface area (Å²) < 4.78 is 0. The van der Waals surface area contributed by atoms with E-state index in [1.54, 1.807) is 18.3 Å². The third-order valence-corrected chi connectivity index (χ3v) is 2.35. The second-order valence-electron chi connectivity index (χ2n) is 3.53. The maximum Gasteiger partial charge on any atom is 0.133 e. The second kappa shape index (κ2) is 4.03. The van der Waals surface area contributed by atoms with Gasteiger partial charge in [-0.3, -0.25) is 4.98 Å². The van der Waals surface area contributed by atoms with Crippen molar-refractivity contribution in [3.63, 3.8) is 0 Å². The molecule has 3 nitrogen and oxygen atoms in total. The first-order valence-corrected chi connectivity index (χ1v) is 4.87. The van der Waals surface area contributed by atoms with Crippen molar-refractivity contribution in [3.8, 4) is 22.9 Å². The highest BCUT2D eigenvalue weighted by atomic mass is 16.3. The van der Waals surface area contributed by atoms with Crippen molar-refractivity contribution < 1.29 is 5.11 Å². The van der Waals surface area contributed by atoms with E-state index in [1.165, 1.54) is 6.07 Å². The molecule has 0 aliphatic rings. The van der Waals surface area contributed by atoms with Crippen LogP contribution in [0.5, 0.6) is 5.75 Å². The van der Waals surface area contributed by atoms with Crippen LogP contribution in [-0.2, 0) is 0 Å².